The van der Waals surface area contributed by atoms with E-state index in [4.69, 9.17) is 16.7 Å². The highest BCUT2D eigenvalue weighted by atomic mass is 35.5. The topological polar surface area (TPSA) is 95.5 Å². The van der Waals surface area contributed by atoms with Gasteiger partial charge < -0.3 is 15.7 Å². The molecule has 0 aromatic heterocycles. The van der Waals surface area contributed by atoms with E-state index in [-0.39, 0.29) is 28.3 Å². The van der Waals surface area contributed by atoms with Gasteiger partial charge in [0.15, 0.2) is 0 Å². The van der Waals surface area contributed by atoms with Crippen LogP contribution in [-0.2, 0) is 9.59 Å². The van der Waals surface area contributed by atoms with E-state index < -0.39 is 11.2 Å². The van der Waals surface area contributed by atoms with E-state index in [2.05, 4.69) is 10.6 Å². The van der Waals surface area contributed by atoms with Crippen LogP contribution in [0.1, 0.15) is 49.4 Å². The number of carboxylic acids is 1. The summed E-state index contributed by atoms with van der Waals surface area (Å²) in [4.78, 5) is 36.9. The van der Waals surface area contributed by atoms with Gasteiger partial charge in [0.25, 0.3) is 0 Å². The van der Waals surface area contributed by atoms with Gasteiger partial charge in [-0.1, -0.05) is 30.9 Å². The number of carboxylic acid groups (broad SMARTS) is 1. The van der Waals surface area contributed by atoms with Gasteiger partial charge in [-0.3, -0.25) is 9.59 Å². The highest BCUT2D eigenvalue weighted by molar-refractivity contribution is 8.00. The van der Waals surface area contributed by atoms with E-state index in [1.54, 1.807) is 13.0 Å². The average molecular weight is 461 g/mol. The van der Waals surface area contributed by atoms with Gasteiger partial charge in [0.1, 0.15) is 0 Å². The first-order valence-electron chi connectivity index (χ1n) is 10.2. The molecule has 1 atom stereocenters. The van der Waals surface area contributed by atoms with Crippen LogP contribution in [-0.4, -0.2) is 28.1 Å². The van der Waals surface area contributed by atoms with Crippen LogP contribution in [0.5, 0.6) is 0 Å². The smallest absolute Gasteiger partial charge is 0.337 e. The lowest BCUT2D eigenvalue weighted by atomic mass is 9.88. The molecule has 8 heteroatoms. The second kappa shape index (κ2) is 10.7. The summed E-state index contributed by atoms with van der Waals surface area (Å²) in [5.74, 6) is -1.23. The molecular weight excluding hydrogens is 436 g/mol. The normalized spacial score (nSPS) is 15.2. The Morgan fingerprint density at radius 1 is 1.00 bits per heavy atom. The largest absolute Gasteiger partial charge is 0.478 e. The van der Waals surface area contributed by atoms with Crippen LogP contribution in [0.25, 0.3) is 0 Å². The van der Waals surface area contributed by atoms with Gasteiger partial charge in [0, 0.05) is 22.2 Å². The Kier molecular flexibility index (Phi) is 7.98. The fourth-order valence-electron chi connectivity index (χ4n) is 3.49. The van der Waals surface area contributed by atoms with E-state index in [1.165, 1.54) is 30.3 Å². The van der Waals surface area contributed by atoms with Gasteiger partial charge in [-0.15, -0.1) is 11.8 Å². The van der Waals surface area contributed by atoms with E-state index in [1.807, 2.05) is 24.3 Å². The van der Waals surface area contributed by atoms with Crippen molar-refractivity contribution in [2.45, 2.75) is 49.2 Å². The number of carbonyl (C=O) groups is 3. The van der Waals surface area contributed by atoms with E-state index in [0.29, 0.717) is 5.69 Å². The van der Waals surface area contributed by atoms with Crippen molar-refractivity contribution >= 4 is 52.5 Å². The van der Waals surface area contributed by atoms with Gasteiger partial charge in [-0.2, -0.15) is 0 Å². The Morgan fingerprint density at radius 3 is 2.29 bits per heavy atom. The van der Waals surface area contributed by atoms with Crippen molar-refractivity contribution in [2.24, 2.45) is 5.92 Å². The molecule has 2 aromatic carbocycles. The van der Waals surface area contributed by atoms with Crippen LogP contribution in [0, 0.1) is 5.92 Å². The summed E-state index contributed by atoms with van der Waals surface area (Å²) in [6.45, 7) is 1.77. The van der Waals surface area contributed by atoms with Crippen LogP contribution in [0.4, 0.5) is 11.4 Å². The summed E-state index contributed by atoms with van der Waals surface area (Å²) in [5.41, 5.74) is 1.06. The van der Waals surface area contributed by atoms with Crippen LogP contribution in [0.2, 0.25) is 5.02 Å². The molecule has 2 amide bonds. The lowest BCUT2D eigenvalue weighted by molar-refractivity contribution is -0.120. The zero-order chi connectivity index (χ0) is 22.4. The lowest BCUT2D eigenvalue weighted by Gasteiger charge is -2.20. The Bertz CT molecular complexity index is 959. The number of carbonyl (C=O) groups excluding carboxylic acids is 2. The van der Waals surface area contributed by atoms with Crippen molar-refractivity contribution in [3.05, 3.63) is 53.1 Å². The molecule has 0 spiro atoms. The predicted octanol–water partition coefficient (Wildman–Crippen LogP) is 5.68. The van der Waals surface area contributed by atoms with Gasteiger partial charge in [-0.25, -0.2) is 4.79 Å². The van der Waals surface area contributed by atoms with Crippen LogP contribution in [0.15, 0.2) is 47.4 Å². The number of benzene rings is 2. The highest BCUT2D eigenvalue weighted by Gasteiger charge is 2.21. The maximum absolute atomic E-state index is 12.5. The number of anilines is 2. The Balaban J connectivity index is 1.54. The van der Waals surface area contributed by atoms with Crippen molar-refractivity contribution in [2.75, 3.05) is 10.6 Å². The molecule has 0 radical (unpaired) electrons. The summed E-state index contributed by atoms with van der Waals surface area (Å²) in [6, 6.07) is 11.8. The van der Waals surface area contributed by atoms with Crippen molar-refractivity contribution in [1.29, 1.82) is 0 Å². The van der Waals surface area contributed by atoms with Crippen molar-refractivity contribution in [3.8, 4) is 0 Å². The average Bonchev–Trinajstić information content (AvgIpc) is 2.76. The molecule has 0 saturated heterocycles. The number of amides is 2. The zero-order valence-electron chi connectivity index (χ0n) is 17.2. The van der Waals surface area contributed by atoms with Crippen LogP contribution >= 0.6 is 23.4 Å². The molecule has 1 unspecified atom stereocenters. The number of hydrogen-bond donors (Lipinski definition) is 3. The molecule has 3 rings (SSSR count). The van der Waals surface area contributed by atoms with E-state index >= 15 is 0 Å². The fraction of sp³-hybridized carbons (Fsp3) is 0.348. The SMILES string of the molecule is CC(Sc1ccc(NC(=O)C2CCCCC2)cc1)C(=O)Nc1ccc(Cl)c(C(=O)O)c1. The summed E-state index contributed by atoms with van der Waals surface area (Å²) < 4.78 is 0. The summed E-state index contributed by atoms with van der Waals surface area (Å²) in [5, 5.41) is 14.6. The van der Waals surface area contributed by atoms with Crippen LogP contribution in [0.3, 0.4) is 0 Å². The van der Waals surface area contributed by atoms with Crippen LogP contribution < -0.4 is 10.6 Å². The first-order valence-corrected chi connectivity index (χ1v) is 11.5. The van der Waals surface area contributed by atoms with Gasteiger partial charge >= 0.3 is 5.97 Å². The molecule has 6 nitrogen and oxygen atoms in total. The Morgan fingerprint density at radius 2 is 1.65 bits per heavy atom. The Hall–Kier alpha value is -2.51. The minimum atomic E-state index is -1.15. The minimum Gasteiger partial charge on any atom is -0.478 e. The monoisotopic (exact) mass is 460 g/mol. The summed E-state index contributed by atoms with van der Waals surface area (Å²) >= 11 is 7.24. The molecule has 3 N–H and O–H groups in total. The number of rotatable bonds is 7. The molecule has 0 heterocycles. The number of thioether (sulfide) groups is 1. The number of nitrogens with one attached hydrogen (secondary N) is 2. The maximum atomic E-state index is 12.5. The number of halogens is 1. The van der Waals surface area contributed by atoms with Crippen molar-refractivity contribution in [3.63, 3.8) is 0 Å². The lowest BCUT2D eigenvalue weighted by Crippen LogP contribution is -2.24. The molecule has 164 valence electrons. The molecule has 1 saturated carbocycles. The third-order valence-corrected chi connectivity index (χ3v) is 6.69. The van der Waals surface area contributed by atoms with Gasteiger partial charge in [-0.05, 0) is 62.2 Å². The molecule has 0 aliphatic heterocycles. The standard InChI is InChI=1S/C23H25ClN2O4S/c1-14(21(27)26-17-9-12-20(24)19(13-17)23(29)30)31-18-10-7-16(8-11-18)25-22(28)15-5-3-2-4-6-15/h7-15H,2-6H2,1H3,(H,25,28)(H,26,27)(H,29,30). The van der Waals surface area contributed by atoms with Gasteiger partial charge in [0.05, 0.1) is 15.8 Å². The number of hydrogen-bond acceptors (Lipinski definition) is 4. The second-order valence-corrected chi connectivity index (χ2v) is 9.42. The fourth-order valence-corrected chi connectivity index (χ4v) is 4.56. The van der Waals surface area contributed by atoms with E-state index in [9.17, 15) is 14.4 Å². The third kappa shape index (κ3) is 6.48. The minimum absolute atomic E-state index is 0.0642. The zero-order valence-corrected chi connectivity index (χ0v) is 18.8. The van der Waals surface area contributed by atoms with Gasteiger partial charge in [0.2, 0.25) is 11.8 Å². The van der Waals surface area contributed by atoms with Crippen molar-refractivity contribution in [1.82, 2.24) is 0 Å². The third-order valence-electron chi connectivity index (χ3n) is 5.24. The van der Waals surface area contributed by atoms with Crippen molar-refractivity contribution < 1.29 is 19.5 Å². The summed E-state index contributed by atoms with van der Waals surface area (Å²) in [7, 11) is 0. The maximum Gasteiger partial charge on any atom is 0.337 e. The first kappa shape index (κ1) is 23.2. The molecule has 0 bridgehead atoms. The molecule has 1 fully saturated rings. The van der Waals surface area contributed by atoms with E-state index in [0.717, 1.165) is 36.3 Å². The highest BCUT2D eigenvalue weighted by Crippen LogP contribution is 2.28. The Labute approximate surface area is 190 Å². The molecule has 1 aliphatic rings. The number of aromatic carboxylic acids is 1. The summed E-state index contributed by atoms with van der Waals surface area (Å²) in [6.07, 6.45) is 5.34. The second-order valence-electron chi connectivity index (χ2n) is 7.60. The molecule has 31 heavy (non-hydrogen) atoms. The first-order chi connectivity index (χ1) is 14.8. The molecular formula is C23H25ClN2O4S. The predicted molar refractivity (Wildman–Crippen MR) is 124 cm³/mol. The molecule has 2 aromatic rings. The quantitative estimate of drug-likeness (QED) is 0.462. The molecule has 1 aliphatic carbocycles.